The van der Waals surface area contributed by atoms with Crippen LogP contribution < -0.4 is 9.47 Å². The van der Waals surface area contributed by atoms with E-state index in [2.05, 4.69) is 0 Å². The van der Waals surface area contributed by atoms with Crippen molar-refractivity contribution in [3.63, 3.8) is 0 Å². The Hall–Kier alpha value is -1.71. The lowest BCUT2D eigenvalue weighted by atomic mass is 10.1. The van der Waals surface area contributed by atoms with E-state index in [0.717, 1.165) is 11.1 Å². The topological polar surface area (TPSA) is 38.7 Å². The zero-order valence-corrected chi connectivity index (χ0v) is 12.2. The van der Waals surface area contributed by atoms with Crippen LogP contribution in [0.25, 0.3) is 0 Å². The third-order valence-electron chi connectivity index (χ3n) is 2.95. The Labute approximate surface area is 123 Å². The van der Waals surface area contributed by atoms with E-state index in [1.54, 1.807) is 32.2 Å². The van der Waals surface area contributed by atoms with Gasteiger partial charge in [0.25, 0.3) is 0 Å². The van der Waals surface area contributed by atoms with Gasteiger partial charge in [0.2, 0.25) is 0 Å². The van der Waals surface area contributed by atoms with Gasteiger partial charge in [0.15, 0.2) is 0 Å². The van der Waals surface area contributed by atoms with Crippen LogP contribution in [0, 0.1) is 0 Å². The summed E-state index contributed by atoms with van der Waals surface area (Å²) in [6.07, 6.45) is -0.602. The van der Waals surface area contributed by atoms with Crippen LogP contribution in [-0.2, 0) is 6.61 Å². The standard InChI is InChI=1S/C16H17ClO3/c1-11(18)15-7-6-14(19-2)9-16(15)20-10-12-4-3-5-13(17)8-12/h3-9,11,18H,10H2,1-2H3/t11-/m1/s1. The van der Waals surface area contributed by atoms with Crippen molar-refractivity contribution in [2.45, 2.75) is 19.6 Å². The highest BCUT2D eigenvalue weighted by Crippen LogP contribution is 2.30. The van der Waals surface area contributed by atoms with Crippen LogP contribution >= 0.6 is 11.6 Å². The summed E-state index contributed by atoms with van der Waals surface area (Å²) in [7, 11) is 1.60. The number of aliphatic hydroxyl groups excluding tert-OH is 1. The predicted molar refractivity (Wildman–Crippen MR) is 79.4 cm³/mol. The minimum absolute atomic E-state index is 0.382. The Morgan fingerprint density at radius 3 is 2.65 bits per heavy atom. The predicted octanol–water partition coefficient (Wildman–Crippen LogP) is 3.98. The molecule has 2 aromatic rings. The lowest BCUT2D eigenvalue weighted by Gasteiger charge is -2.15. The molecule has 0 unspecified atom stereocenters. The summed E-state index contributed by atoms with van der Waals surface area (Å²) in [6, 6.07) is 12.9. The second-order valence-corrected chi connectivity index (χ2v) is 4.93. The van der Waals surface area contributed by atoms with E-state index in [4.69, 9.17) is 21.1 Å². The van der Waals surface area contributed by atoms with Crippen LogP contribution in [0.3, 0.4) is 0 Å². The van der Waals surface area contributed by atoms with Gasteiger partial charge in [-0.15, -0.1) is 0 Å². The number of hydrogen-bond donors (Lipinski definition) is 1. The lowest BCUT2D eigenvalue weighted by Crippen LogP contribution is -2.01. The van der Waals surface area contributed by atoms with E-state index < -0.39 is 6.10 Å². The van der Waals surface area contributed by atoms with Crippen molar-refractivity contribution in [1.82, 2.24) is 0 Å². The van der Waals surface area contributed by atoms with Crippen molar-refractivity contribution < 1.29 is 14.6 Å². The molecule has 0 aromatic heterocycles. The number of rotatable bonds is 5. The van der Waals surface area contributed by atoms with E-state index in [1.165, 1.54) is 0 Å². The molecule has 0 aliphatic heterocycles. The van der Waals surface area contributed by atoms with Crippen LogP contribution in [0.5, 0.6) is 11.5 Å². The molecule has 2 aromatic carbocycles. The molecule has 0 aliphatic rings. The number of aliphatic hydroxyl groups is 1. The number of halogens is 1. The SMILES string of the molecule is COc1ccc([C@@H](C)O)c(OCc2cccc(Cl)c2)c1. The largest absolute Gasteiger partial charge is 0.497 e. The Morgan fingerprint density at radius 2 is 2.00 bits per heavy atom. The van der Waals surface area contributed by atoms with Crippen LogP contribution in [0.15, 0.2) is 42.5 Å². The van der Waals surface area contributed by atoms with Gasteiger partial charge in [0.05, 0.1) is 13.2 Å². The summed E-state index contributed by atoms with van der Waals surface area (Å²) in [4.78, 5) is 0. The Kier molecular flexibility index (Phi) is 4.88. The second-order valence-electron chi connectivity index (χ2n) is 4.50. The Bertz CT molecular complexity index is 582. The molecular weight excluding hydrogens is 276 g/mol. The molecule has 3 nitrogen and oxygen atoms in total. The molecule has 0 amide bonds. The smallest absolute Gasteiger partial charge is 0.129 e. The van der Waals surface area contributed by atoms with Gasteiger partial charge in [-0.2, -0.15) is 0 Å². The van der Waals surface area contributed by atoms with Gasteiger partial charge in [-0.1, -0.05) is 23.7 Å². The first-order chi connectivity index (χ1) is 9.60. The summed E-state index contributed by atoms with van der Waals surface area (Å²) in [6.45, 7) is 2.08. The van der Waals surface area contributed by atoms with Crippen molar-refractivity contribution in [2.24, 2.45) is 0 Å². The fourth-order valence-electron chi connectivity index (χ4n) is 1.90. The lowest BCUT2D eigenvalue weighted by molar-refractivity contribution is 0.190. The summed E-state index contributed by atoms with van der Waals surface area (Å²) >= 11 is 5.94. The van der Waals surface area contributed by atoms with Gasteiger partial charge in [0, 0.05) is 16.7 Å². The first-order valence-electron chi connectivity index (χ1n) is 6.33. The number of methoxy groups -OCH3 is 1. The molecule has 20 heavy (non-hydrogen) atoms. The molecule has 0 saturated carbocycles. The van der Waals surface area contributed by atoms with E-state index in [1.807, 2.05) is 24.3 Å². The van der Waals surface area contributed by atoms with Gasteiger partial charge >= 0.3 is 0 Å². The van der Waals surface area contributed by atoms with Crippen LogP contribution in [0.4, 0.5) is 0 Å². The summed E-state index contributed by atoms with van der Waals surface area (Å²) < 4.78 is 11.0. The van der Waals surface area contributed by atoms with Gasteiger partial charge in [-0.05, 0) is 36.8 Å². The van der Waals surface area contributed by atoms with E-state index in [0.29, 0.717) is 23.1 Å². The molecule has 0 saturated heterocycles. The molecule has 0 heterocycles. The fourth-order valence-corrected chi connectivity index (χ4v) is 2.11. The summed E-state index contributed by atoms with van der Waals surface area (Å²) in [5.41, 5.74) is 1.70. The third kappa shape index (κ3) is 3.65. The molecule has 0 fully saturated rings. The van der Waals surface area contributed by atoms with Crippen molar-refractivity contribution in [2.75, 3.05) is 7.11 Å². The number of ether oxygens (including phenoxy) is 2. The minimum Gasteiger partial charge on any atom is -0.497 e. The molecular formula is C16H17ClO3. The van der Waals surface area contributed by atoms with Crippen LogP contribution in [0.2, 0.25) is 5.02 Å². The van der Waals surface area contributed by atoms with Crippen LogP contribution in [-0.4, -0.2) is 12.2 Å². The molecule has 0 spiro atoms. The highest BCUT2D eigenvalue weighted by atomic mass is 35.5. The molecule has 2 rings (SSSR count). The van der Waals surface area contributed by atoms with Gasteiger partial charge in [-0.25, -0.2) is 0 Å². The first kappa shape index (κ1) is 14.7. The van der Waals surface area contributed by atoms with E-state index in [9.17, 15) is 5.11 Å². The van der Waals surface area contributed by atoms with E-state index in [-0.39, 0.29) is 0 Å². The number of hydrogen-bond acceptors (Lipinski definition) is 3. The first-order valence-corrected chi connectivity index (χ1v) is 6.71. The highest BCUT2D eigenvalue weighted by Gasteiger charge is 2.11. The Balaban J connectivity index is 2.19. The molecule has 0 radical (unpaired) electrons. The second kappa shape index (κ2) is 6.64. The molecule has 106 valence electrons. The van der Waals surface area contributed by atoms with Crippen molar-refractivity contribution in [3.8, 4) is 11.5 Å². The molecule has 0 bridgehead atoms. The maximum Gasteiger partial charge on any atom is 0.129 e. The molecule has 0 aliphatic carbocycles. The van der Waals surface area contributed by atoms with E-state index >= 15 is 0 Å². The van der Waals surface area contributed by atoms with Crippen molar-refractivity contribution in [3.05, 3.63) is 58.6 Å². The molecule has 1 atom stereocenters. The summed E-state index contributed by atoms with van der Waals surface area (Å²) in [5, 5.41) is 10.4. The zero-order chi connectivity index (χ0) is 14.5. The maximum atomic E-state index is 9.77. The average molecular weight is 293 g/mol. The number of benzene rings is 2. The van der Waals surface area contributed by atoms with Gasteiger partial charge in [-0.3, -0.25) is 0 Å². The maximum absolute atomic E-state index is 9.77. The summed E-state index contributed by atoms with van der Waals surface area (Å²) in [5.74, 6) is 1.30. The van der Waals surface area contributed by atoms with Crippen LogP contribution in [0.1, 0.15) is 24.2 Å². The van der Waals surface area contributed by atoms with Gasteiger partial charge < -0.3 is 14.6 Å². The van der Waals surface area contributed by atoms with Crippen molar-refractivity contribution in [1.29, 1.82) is 0 Å². The van der Waals surface area contributed by atoms with Crippen molar-refractivity contribution >= 4 is 11.6 Å². The molecule has 4 heteroatoms. The fraction of sp³-hybridized carbons (Fsp3) is 0.250. The van der Waals surface area contributed by atoms with Gasteiger partial charge in [0.1, 0.15) is 18.1 Å². The minimum atomic E-state index is -0.602. The monoisotopic (exact) mass is 292 g/mol. The Morgan fingerprint density at radius 1 is 1.20 bits per heavy atom. The average Bonchev–Trinajstić information content (AvgIpc) is 2.44. The third-order valence-corrected chi connectivity index (χ3v) is 3.19. The highest BCUT2D eigenvalue weighted by molar-refractivity contribution is 6.30. The molecule has 1 N–H and O–H groups in total. The quantitative estimate of drug-likeness (QED) is 0.906. The normalized spacial score (nSPS) is 12.0. The zero-order valence-electron chi connectivity index (χ0n) is 11.5.